The summed E-state index contributed by atoms with van der Waals surface area (Å²) in [5, 5.41) is 10.6. The van der Waals surface area contributed by atoms with Gasteiger partial charge < -0.3 is 33.8 Å². The minimum Gasteiger partial charge on any atom is -0.462 e. The van der Waals surface area contributed by atoms with Crippen LogP contribution in [0, 0.1) is 17.8 Å². The van der Waals surface area contributed by atoms with E-state index >= 15 is 0 Å². The zero-order valence-corrected chi connectivity index (χ0v) is 61.8. The second-order valence-corrected chi connectivity index (χ2v) is 30.7. The molecule has 92 heavy (non-hydrogen) atoms. The molecule has 0 fully saturated rings. The summed E-state index contributed by atoms with van der Waals surface area (Å²) in [6, 6.07) is 0. The number of ether oxygens (including phenoxy) is 4. The average Bonchev–Trinajstić information content (AvgIpc) is 1.55. The van der Waals surface area contributed by atoms with E-state index in [4.69, 9.17) is 37.0 Å². The van der Waals surface area contributed by atoms with E-state index in [0.29, 0.717) is 37.5 Å². The number of carbonyl (C=O) groups excluding carboxylic acids is 4. The molecule has 3 N–H and O–H groups in total. The van der Waals surface area contributed by atoms with E-state index in [1.807, 2.05) is 0 Å². The van der Waals surface area contributed by atoms with Gasteiger partial charge in [-0.15, -0.1) is 0 Å². The molecular weight excluding hydrogens is 1210 g/mol. The van der Waals surface area contributed by atoms with Crippen molar-refractivity contribution in [2.75, 3.05) is 39.6 Å². The van der Waals surface area contributed by atoms with Crippen molar-refractivity contribution in [2.24, 2.45) is 17.8 Å². The predicted molar refractivity (Wildman–Crippen MR) is 372 cm³/mol. The Hall–Kier alpha value is -1.94. The fourth-order valence-electron chi connectivity index (χ4n) is 11.1. The van der Waals surface area contributed by atoms with Crippen LogP contribution in [0.1, 0.15) is 370 Å². The van der Waals surface area contributed by atoms with E-state index in [2.05, 4.69) is 48.5 Å². The van der Waals surface area contributed by atoms with Crippen LogP contribution in [0.15, 0.2) is 0 Å². The number of aliphatic hydroxyl groups excluding tert-OH is 1. The van der Waals surface area contributed by atoms with Crippen molar-refractivity contribution in [3.63, 3.8) is 0 Å². The zero-order valence-electron chi connectivity index (χ0n) is 60.0. The van der Waals surface area contributed by atoms with Gasteiger partial charge in [0.25, 0.3) is 0 Å². The quantitative estimate of drug-likeness (QED) is 0.0222. The average molecular weight is 1350 g/mol. The third-order valence-electron chi connectivity index (χ3n) is 16.9. The summed E-state index contributed by atoms with van der Waals surface area (Å²) in [6.45, 7) is 11.7. The molecule has 0 aliphatic heterocycles. The SMILES string of the molecule is CCCCCCCCCCCCCCCCCCCCCCC(=O)O[C@H](COC(=O)CCCCCCCCCCCC(C)C)COP(=O)(O)OC[C@@H](O)COP(=O)(O)OC[C@@H](COC(=O)CCCCCCCCCC(C)C)OC(=O)CCCCCCCCCC(C)C. The van der Waals surface area contributed by atoms with Crippen LogP contribution in [0.3, 0.4) is 0 Å². The van der Waals surface area contributed by atoms with Crippen molar-refractivity contribution >= 4 is 39.5 Å². The molecule has 0 aliphatic carbocycles. The van der Waals surface area contributed by atoms with Crippen LogP contribution >= 0.6 is 15.6 Å². The molecule has 0 amide bonds. The van der Waals surface area contributed by atoms with Crippen LogP contribution in [0.25, 0.3) is 0 Å². The fourth-order valence-corrected chi connectivity index (χ4v) is 12.7. The maximum atomic E-state index is 13.0. The highest BCUT2D eigenvalue weighted by atomic mass is 31.2. The molecule has 5 atom stereocenters. The van der Waals surface area contributed by atoms with E-state index < -0.39 is 97.5 Å². The lowest BCUT2D eigenvalue weighted by Gasteiger charge is -2.21. The topological polar surface area (TPSA) is 237 Å². The minimum atomic E-state index is -4.95. The molecule has 546 valence electrons. The lowest BCUT2D eigenvalue weighted by atomic mass is 10.0. The molecule has 0 aromatic carbocycles. The molecule has 0 aromatic rings. The van der Waals surface area contributed by atoms with Crippen LogP contribution in [0.4, 0.5) is 0 Å². The number of hydrogen-bond donors (Lipinski definition) is 3. The van der Waals surface area contributed by atoms with Crippen LogP contribution < -0.4 is 0 Å². The maximum absolute atomic E-state index is 13.0. The number of hydrogen-bond acceptors (Lipinski definition) is 15. The maximum Gasteiger partial charge on any atom is 0.472 e. The molecule has 0 aliphatic rings. The summed E-state index contributed by atoms with van der Waals surface area (Å²) in [7, 11) is -9.90. The predicted octanol–water partition coefficient (Wildman–Crippen LogP) is 21.0. The number of aliphatic hydroxyl groups is 1. The van der Waals surface area contributed by atoms with Crippen molar-refractivity contribution in [2.45, 2.75) is 388 Å². The molecule has 0 aromatic heterocycles. The smallest absolute Gasteiger partial charge is 0.462 e. The number of phosphoric ester groups is 2. The summed E-state index contributed by atoms with van der Waals surface area (Å²) in [5.74, 6) is 0.0174. The van der Waals surface area contributed by atoms with E-state index in [1.165, 1.54) is 173 Å². The van der Waals surface area contributed by atoms with E-state index in [0.717, 1.165) is 102 Å². The van der Waals surface area contributed by atoms with E-state index in [9.17, 15) is 43.2 Å². The third kappa shape index (κ3) is 66.7. The van der Waals surface area contributed by atoms with E-state index in [-0.39, 0.29) is 25.7 Å². The molecule has 0 heterocycles. The Kier molecular flexibility index (Phi) is 62.4. The summed E-state index contributed by atoms with van der Waals surface area (Å²) in [5.41, 5.74) is 0. The Labute approximate surface area is 562 Å². The Morgan fingerprint density at radius 2 is 0.500 bits per heavy atom. The van der Waals surface area contributed by atoms with Crippen molar-refractivity contribution in [3.8, 4) is 0 Å². The number of rotatable bonds is 71. The van der Waals surface area contributed by atoms with Crippen molar-refractivity contribution < 1.29 is 80.2 Å². The van der Waals surface area contributed by atoms with Gasteiger partial charge in [-0.2, -0.15) is 0 Å². The first-order valence-corrected chi connectivity index (χ1v) is 40.8. The molecule has 0 spiro atoms. The largest absolute Gasteiger partial charge is 0.472 e. The monoisotopic (exact) mass is 1350 g/mol. The lowest BCUT2D eigenvalue weighted by Crippen LogP contribution is -2.30. The van der Waals surface area contributed by atoms with Crippen molar-refractivity contribution in [1.29, 1.82) is 0 Å². The molecular formula is C73H142O17P2. The van der Waals surface area contributed by atoms with Crippen LogP contribution in [0.2, 0.25) is 0 Å². The Bertz CT molecular complexity index is 1800. The van der Waals surface area contributed by atoms with Gasteiger partial charge in [0.15, 0.2) is 12.2 Å². The lowest BCUT2D eigenvalue weighted by molar-refractivity contribution is -0.161. The van der Waals surface area contributed by atoms with Gasteiger partial charge >= 0.3 is 39.5 Å². The summed E-state index contributed by atoms with van der Waals surface area (Å²) >= 11 is 0. The van der Waals surface area contributed by atoms with Gasteiger partial charge in [-0.3, -0.25) is 37.3 Å². The van der Waals surface area contributed by atoms with Crippen molar-refractivity contribution in [1.82, 2.24) is 0 Å². The van der Waals surface area contributed by atoms with Gasteiger partial charge in [0.2, 0.25) is 0 Å². The highest BCUT2D eigenvalue weighted by Crippen LogP contribution is 2.45. The third-order valence-corrected chi connectivity index (χ3v) is 18.8. The molecule has 0 saturated carbocycles. The first kappa shape index (κ1) is 90.1. The zero-order chi connectivity index (χ0) is 68.0. The van der Waals surface area contributed by atoms with Crippen LogP contribution in [0.5, 0.6) is 0 Å². The summed E-state index contributed by atoms with van der Waals surface area (Å²) in [6.07, 6.45) is 48.9. The fraction of sp³-hybridized carbons (Fsp3) is 0.945. The van der Waals surface area contributed by atoms with Gasteiger partial charge in [0.05, 0.1) is 26.4 Å². The van der Waals surface area contributed by atoms with Gasteiger partial charge in [0, 0.05) is 25.7 Å². The molecule has 0 radical (unpaired) electrons. The number of phosphoric acid groups is 2. The number of unbranched alkanes of at least 4 members (excludes halogenated alkanes) is 39. The first-order chi connectivity index (χ1) is 44.2. The number of carbonyl (C=O) groups is 4. The van der Waals surface area contributed by atoms with Crippen molar-refractivity contribution in [3.05, 3.63) is 0 Å². The number of esters is 4. The van der Waals surface area contributed by atoms with Crippen LogP contribution in [-0.2, 0) is 65.4 Å². The molecule has 0 saturated heterocycles. The van der Waals surface area contributed by atoms with Gasteiger partial charge in [-0.05, 0) is 43.4 Å². The second kappa shape index (κ2) is 63.8. The van der Waals surface area contributed by atoms with Gasteiger partial charge in [-0.25, -0.2) is 9.13 Å². The molecule has 19 heteroatoms. The normalized spacial score (nSPS) is 14.1. The minimum absolute atomic E-state index is 0.102. The Balaban J connectivity index is 5.19. The van der Waals surface area contributed by atoms with E-state index in [1.54, 1.807) is 0 Å². The molecule has 0 bridgehead atoms. The molecule has 2 unspecified atom stereocenters. The molecule has 0 rings (SSSR count). The Morgan fingerprint density at radius 3 is 0.739 bits per heavy atom. The van der Waals surface area contributed by atoms with Crippen LogP contribution in [-0.4, -0.2) is 96.7 Å². The summed E-state index contributed by atoms with van der Waals surface area (Å²) in [4.78, 5) is 72.6. The second-order valence-electron chi connectivity index (χ2n) is 27.8. The molecule has 17 nitrogen and oxygen atoms in total. The standard InChI is InChI=1S/C73H142O17P2/c1-8-9-10-11-12-13-14-15-16-17-18-19-20-21-22-23-26-34-42-49-56-72(77)89-68(60-83-70(75)54-47-40-33-27-24-25-30-37-44-51-64(2)3)62-87-91(79,80)85-58-67(74)59-86-92(81,82)88-63-69(90-73(78)57-50-43-36-29-32-39-46-53-66(6)7)61-84-71(76)55-48-41-35-28-31-38-45-52-65(4)5/h64-69,74H,8-63H2,1-7H3,(H,79,80)(H,81,82)/t67-,68-,69-/m1/s1. The van der Waals surface area contributed by atoms with Gasteiger partial charge in [0.1, 0.15) is 19.3 Å². The highest BCUT2D eigenvalue weighted by Gasteiger charge is 2.30. The first-order valence-electron chi connectivity index (χ1n) is 37.8. The highest BCUT2D eigenvalue weighted by molar-refractivity contribution is 7.47. The summed E-state index contributed by atoms with van der Waals surface area (Å²) < 4.78 is 68.3. The van der Waals surface area contributed by atoms with Gasteiger partial charge in [-0.1, -0.05) is 318 Å². The Morgan fingerprint density at radius 1 is 0.293 bits per heavy atom.